The third kappa shape index (κ3) is 5.58. The Morgan fingerprint density at radius 2 is 1.83 bits per heavy atom. The molecule has 0 spiro atoms. The van der Waals surface area contributed by atoms with Gasteiger partial charge in [0.05, 0.1) is 12.0 Å². The molecule has 29 heavy (non-hydrogen) atoms. The van der Waals surface area contributed by atoms with Crippen molar-refractivity contribution in [3.63, 3.8) is 0 Å². The lowest BCUT2D eigenvalue weighted by Crippen LogP contribution is -2.46. The lowest BCUT2D eigenvalue weighted by Gasteiger charge is -2.34. The van der Waals surface area contributed by atoms with Crippen LogP contribution in [0.25, 0.3) is 0 Å². The van der Waals surface area contributed by atoms with Gasteiger partial charge in [0.15, 0.2) is 0 Å². The number of benzene rings is 2. The summed E-state index contributed by atoms with van der Waals surface area (Å²) >= 11 is 0. The SMILES string of the molecule is COc1ccc(CCNC(=O)C[C@H]2CCCCN2S(=O)(=O)c2ccccc2)cc1. The molecule has 2 aromatic carbocycles. The number of nitrogens with zero attached hydrogens (tertiary/aromatic N) is 1. The van der Waals surface area contributed by atoms with Gasteiger partial charge in [-0.15, -0.1) is 0 Å². The number of ether oxygens (including phenoxy) is 1. The molecule has 3 rings (SSSR count). The molecule has 1 N–H and O–H groups in total. The van der Waals surface area contributed by atoms with Gasteiger partial charge in [0, 0.05) is 25.6 Å². The number of carbonyl (C=O) groups excluding carboxylic acids is 1. The predicted octanol–water partition coefficient (Wildman–Crippen LogP) is 2.99. The number of methoxy groups -OCH3 is 1. The smallest absolute Gasteiger partial charge is 0.243 e. The highest BCUT2D eigenvalue weighted by molar-refractivity contribution is 7.89. The van der Waals surface area contributed by atoms with Crippen molar-refractivity contribution in [1.29, 1.82) is 0 Å². The van der Waals surface area contributed by atoms with Crippen LogP contribution in [0.5, 0.6) is 5.75 Å². The second kappa shape index (κ2) is 9.89. The van der Waals surface area contributed by atoms with Gasteiger partial charge in [-0.3, -0.25) is 4.79 Å². The zero-order valence-corrected chi connectivity index (χ0v) is 17.5. The van der Waals surface area contributed by atoms with E-state index in [0.717, 1.165) is 24.2 Å². The first kappa shape index (κ1) is 21.3. The molecule has 1 amide bonds. The average molecular weight is 417 g/mol. The molecule has 1 heterocycles. The highest BCUT2D eigenvalue weighted by atomic mass is 32.2. The first-order chi connectivity index (χ1) is 14.0. The molecule has 0 aliphatic carbocycles. The van der Waals surface area contributed by atoms with Crippen molar-refractivity contribution in [3.05, 3.63) is 60.2 Å². The van der Waals surface area contributed by atoms with E-state index in [1.807, 2.05) is 24.3 Å². The zero-order valence-electron chi connectivity index (χ0n) is 16.7. The Bertz CT molecular complexity index is 898. The third-order valence-corrected chi connectivity index (χ3v) is 7.20. The molecule has 2 aromatic rings. The van der Waals surface area contributed by atoms with E-state index in [9.17, 15) is 13.2 Å². The van der Waals surface area contributed by atoms with E-state index in [4.69, 9.17) is 4.74 Å². The minimum absolute atomic E-state index is 0.112. The number of nitrogens with one attached hydrogen (secondary N) is 1. The average Bonchev–Trinajstić information content (AvgIpc) is 2.75. The van der Waals surface area contributed by atoms with Gasteiger partial charge in [-0.05, 0) is 49.1 Å². The molecule has 7 heteroatoms. The molecule has 0 saturated carbocycles. The Kier molecular flexibility index (Phi) is 7.28. The number of piperidine rings is 1. The van der Waals surface area contributed by atoms with Crippen LogP contribution in [0, 0.1) is 0 Å². The summed E-state index contributed by atoms with van der Waals surface area (Å²) in [5.41, 5.74) is 1.11. The van der Waals surface area contributed by atoms with Crippen molar-refractivity contribution >= 4 is 15.9 Å². The third-order valence-electron chi connectivity index (χ3n) is 5.24. The molecule has 0 aromatic heterocycles. The molecule has 1 fully saturated rings. The molecule has 1 aliphatic rings. The maximum atomic E-state index is 13.0. The Labute approximate surface area is 172 Å². The Morgan fingerprint density at radius 3 is 2.52 bits per heavy atom. The fourth-order valence-corrected chi connectivity index (χ4v) is 5.36. The number of hydrogen-bond acceptors (Lipinski definition) is 4. The quantitative estimate of drug-likeness (QED) is 0.718. The van der Waals surface area contributed by atoms with E-state index >= 15 is 0 Å². The lowest BCUT2D eigenvalue weighted by molar-refractivity contribution is -0.122. The summed E-state index contributed by atoms with van der Waals surface area (Å²) in [7, 11) is -1.96. The van der Waals surface area contributed by atoms with Crippen molar-refractivity contribution in [2.24, 2.45) is 0 Å². The molecular formula is C22H28N2O4S. The van der Waals surface area contributed by atoms with Gasteiger partial charge >= 0.3 is 0 Å². The summed E-state index contributed by atoms with van der Waals surface area (Å²) in [6.45, 7) is 0.977. The largest absolute Gasteiger partial charge is 0.497 e. The van der Waals surface area contributed by atoms with Crippen molar-refractivity contribution in [3.8, 4) is 5.75 Å². The number of carbonyl (C=O) groups is 1. The predicted molar refractivity (Wildman–Crippen MR) is 112 cm³/mol. The van der Waals surface area contributed by atoms with E-state index in [-0.39, 0.29) is 23.3 Å². The number of amides is 1. The summed E-state index contributed by atoms with van der Waals surface area (Å²) in [5, 5.41) is 2.93. The Hall–Kier alpha value is -2.38. The van der Waals surface area contributed by atoms with Crippen molar-refractivity contribution in [2.75, 3.05) is 20.2 Å². The van der Waals surface area contributed by atoms with Crippen molar-refractivity contribution in [2.45, 2.75) is 43.0 Å². The van der Waals surface area contributed by atoms with E-state index in [1.165, 1.54) is 4.31 Å². The van der Waals surface area contributed by atoms with Crippen LogP contribution in [-0.4, -0.2) is 44.9 Å². The Morgan fingerprint density at radius 1 is 1.10 bits per heavy atom. The summed E-state index contributed by atoms with van der Waals surface area (Å²) in [5.74, 6) is 0.688. The molecular weight excluding hydrogens is 388 g/mol. The molecule has 156 valence electrons. The van der Waals surface area contributed by atoms with E-state index in [1.54, 1.807) is 37.4 Å². The lowest BCUT2D eigenvalue weighted by atomic mass is 10.0. The molecule has 0 unspecified atom stereocenters. The molecule has 1 aliphatic heterocycles. The maximum absolute atomic E-state index is 13.0. The standard InChI is InChI=1S/C22H28N2O4S/c1-28-20-12-10-18(11-13-20)14-15-23-22(25)17-19-7-5-6-16-24(19)29(26,27)21-8-3-2-4-9-21/h2-4,8-13,19H,5-7,14-17H2,1H3,(H,23,25)/t19-/m1/s1. The normalized spacial score (nSPS) is 17.6. The topological polar surface area (TPSA) is 75.7 Å². The van der Waals surface area contributed by atoms with Gasteiger partial charge in [0.25, 0.3) is 0 Å². The number of hydrogen-bond donors (Lipinski definition) is 1. The van der Waals surface area contributed by atoms with Crippen LogP contribution in [0.4, 0.5) is 0 Å². The van der Waals surface area contributed by atoms with Crippen LogP contribution in [0.2, 0.25) is 0 Å². The fourth-order valence-electron chi connectivity index (χ4n) is 3.65. The van der Waals surface area contributed by atoms with E-state index in [2.05, 4.69) is 5.32 Å². The molecule has 6 nitrogen and oxygen atoms in total. The summed E-state index contributed by atoms with van der Waals surface area (Å²) in [4.78, 5) is 12.7. The molecule has 0 radical (unpaired) electrons. The van der Waals surface area contributed by atoms with Crippen LogP contribution < -0.4 is 10.1 Å². The second-order valence-corrected chi connectivity index (χ2v) is 9.12. The van der Waals surface area contributed by atoms with Gasteiger partial charge < -0.3 is 10.1 Å². The molecule has 1 atom stereocenters. The first-order valence-electron chi connectivity index (χ1n) is 9.97. The number of sulfonamides is 1. The van der Waals surface area contributed by atoms with Crippen molar-refractivity contribution in [1.82, 2.24) is 9.62 Å². The highest BCUT2D eigenvalue weighted by Gasteiger charge is 2.34. The maximum Gasteiger partial charge on any atom is 0.243 e. The van der Waals surface area contributed by atoms with Crippen LogP contribution in [0.15, 0.2) is 59.5 Å². The van der Waals surface area contributed by atoms with Gasteiger partial charge in [-0.2, -0.15) is 4.31 Å². The van der Waals surface area contributed by atoms with Gasteiger partial charge in [0.2, 0.25) is 15.9 Å². The Balaban J connectivity index is 1.56. The van der Waals surface area contributed by atoms with Gasteiger partial charge in [-0.25, -0.2) is 8.42 Å². The summed E-state index contributed by atoms with van der Waals surface area (Å²) in [6.07, 6.45) is 3.37. The summed E-state index contributed by atoms with van der Waals surface area (Å²) < 4.78 is 32.7. The second-order valence-electron chi connectivity index (χ2n) is 7.23. The fraction of sp³-hybridized carbons (Fsp3) is 0.409. The minimum atomic E-state index is -3.59. The van der Waals surface area contributed by atoms with E-state index in [0.29, 0.717) is 25.9 Å². The van der Waals surface area contributed by atoms with Gasteiger partial charge in [-0.1, -0.05) is 36.8 Å². The van der Waals surface area contributed by atoms with Crippen LogP contribution in [-0.2, 0) is 21.2 Å². The first-order valence-corrected chi connectivity index (χ1v) is 11.4. The van der Waals surface area contributed by atoms with Crippen molar-refractivity contribution < 1.29 is 17.9 Å². The van der Waals surface area contributed by atoms with Crippen LogP contribution in [0.1, 0.15) is 31.2 Å². The zero-order chi connectivity index (χ0) is 20.7. The number of rotatable bonds is 8. The monoisotopic (exact) mass is 416 g/mol. The van der Waals surface area contributed by atoms with Crippen LogP contribution >= 0.6 is 0 Å². The molecule has 0 bridgehead atoms. The minimum Gasteiger partial charge on any atom is -0.497 e. The molecule has 1 saturated heterocycles. The van der Waals surface area contributed by atoms with Crippen LogP contribution in [0.3, 0.4) is 0 Å². The van der Waals surface area contributed by atoms with Gasteiger partial charge in [0.1, 0.15) is 5.75 Å². The summed E-state index contributed by atoms with van der Waals surface area (Å²) in [6, 6.07) is 15.9. The highest BCUT2D eigenvalue weighted by Crippen LogP contribution is 2.27. The van der Waals surface area contributed by atoms with E-state index < -0.39 is 10.0 Å².